The summed E-state index contributed by atoms with van der Waals surface area (Å²) in [6.07, 6.45) is 1.34. The highest BCUT2D eigenvalue weighted by Gasteiger charge is 2.37. The third-order valence-electron chi connectivity index (χ3n) is 4.17. The lowest BCUT2D eigenvalue weighted by molar-refractivity contribution is -0.122. The van der Waals surface area contributed by atoms with Crippen molar-refractivity contribution in [1.82, 2.24) is 5.32 Å². The standard InChI is InChI=1S/C20H16Br2N2O5/c1-3-29-14-9-11(15(21)16(22)17(14)25)8-13-18(26)23-20(28)24(19(13)27)12-6-4-10(2)5-7-12/h4-9,25H,3H2,1-2H3,(H,23,26,28)/b13-8+. The van der Waals surface area contributed by atoms with Gasteiger partial charge in [0.05, 0.1) is 16.8 Å². The number of nitrogens with zero attached hydrogens (tertiary/aromatic N) is 1. The maximum absolute atomic E-state index is 13.0. The van der Waals surface area contributed by atoms with Crippen LogP contribution in [0, 0.1) is 6.92 Å². The summed E-state index contributed by atoms with van der Waals surface area (Å²) in [5, 5.41) is 12.3. The molecule has 3 rings (SSSR count). The van der Waals surface area contributed by atoms with Gasteiger partial charge in [0, 0.05) is 4.47 Å². The number of carbonyl (C=O) groups excluding carboxylic acids is 3. The van der Waals surface area contributed by atoms with E-state index < -0.39 is 17.8 Å². The van der Waals surface area contributed by atoms with Gasteiger partial charge < -0.3 is 9.84 Å². The number of rotatable bonds is 4. The maximum Gasteiger partial charge on any atom is 0.335 e. The highest BCUT2D eigenvalue weighted by atomic mass is 79.9. The Morgan fingerprint density at radius 3 is 2.41 bits per heavy atom. The quantitative estimate of drug-likeness (QED) is 0.460. The van der Waals surface area contributed by atoms with Crippen molar-refractivity contribution in [2.24, 2.45) is 0 Å². The van der Waals surface area contributed by atoms with Crippen LogP contribution in [0.4, 0.5) is 10.5 Å². The third kappa shape index (κ3) is 4.06. The zero-order valence-electron chi connectivity index (χ0n) is 15.5. The van der Waals surface area contributed by atoms with Crippen LogP contribution in [0.2, 0.25) is 0 Å². The zero-order chi connectivity index (χ0) is 21.3. The van der Waals surface area contributed by atoms with E-state index in [4.69, 9.17) is 4.74 Å². The first-order valence-electron chi connectivity index (χ1n) is 8.56. The van der Waals surface area contributed by atoms with Gasteiger partial charge in [-0.25, -0.2) is 9.69 Å². The van der Waals surface area contributed by atoms with Gasteiger partial charge in [-0.1, -0.05) is 17.7 Å². The molecule has 150 valence electrons. The van der Waals surface area contributed by atoms with Gasteiger partial charge in [0.15, 0.2) is 11.5 Å². The second-order valence-corrected chi connectivity index (χ2v) is 7.75. The average molecular weight is 524 g/mol. The number of barbiturate groups is 1. The summed E-state index contributed by atoms with van der Waals surface area (Å²) in [4.78, 5) is 38.5. The van der Waals surface area contributed by atoms with E-state index in [9.17, 15) is 19.5 Å². The lowest BCUT2D eigenvalue weighted by atomic mass is 10.1. The van der Waals surface area contributed by atoms with Crippen LogP contribution in [0.1, 0.15) is 18.1 Å². The smallest absolute Gasteiger partial charge is 0.335 e. The molecule has 7 nitrogen and oxygen atoms in total. The number of anilines is 1. The molecule has 29 heavy (non-hydrogen) atoms. The van der Waals surface area contributed by atoms with Gasteiger partial charge in [0.1, 0.15) is 5.57 Å². The van der Waals surface area contributed by atoms with Crippen LogP contribution in [-0.4, -0.2) is 29.6 Å². The number of aromatic hydroxyl groups is 1. The van der Waals surface area contributed by atoms with Gasteiger partial charge in [0.2, 0.25) is 0 Å². The Balaban J connectivity index is 2.08. The number of aryl methyl sites for hydroxylation is 1. The van der Waals surface area contributed by atoms with Crippen LogP contribution >= 0.6 is 31.9 Å². The second-order valence-electron chi connectivity index (χ2n) is 6.17. The molecule has 9 heteroatoms. The highest BCUT2D eigenvalue weighted by Crippen LogP contribution is 2.42. The molecule has 4 amide bonds. The minimum Gasteiger partial charge on any atom is -0.503 e. The largest absolute Gasteiger partial charge is 0.503 e. The number of ether oxygens (including phenoxy) is 1. The van der Waals surface area contributed by atoms with Gasteiger partial charge >= 0.3 is 6.03 Å². The first-order valence-corrected chi connectivity index (χ1v) is 10.1. The monoisotopic (exact) mass is 522 g/mol. The summed E-state index contributed by atoms with van der Waals surface area (Å²) in [5.74, 6) is -1.49. The van der Waals surface area contributed by atoms with E-state index in [1.165, 1.54) is 12.1 Å². The van der Waals surface area contributed by atoms with Crippen molar-refractivity contribution in [2.75, 3.05) is 11.5 Å². The van der Waals surface area contributed by atoms with Gasteiger partial charge in [-0.3, -0.25) is 14.9 Å². The Kier molecular flexibility index (Phi) is 6.09. The van der Waals surface area contributed by atoms with Crippen LogP contribution in [0.3, 0.4) is 0 Å². The number of carbonyl (C=O) groups is 3. The van der Waals surface area contributed by atoms with Crippen molar-refractivity contribution in [1.29, 1.82) is 0 Å². The van der Waals surface area contributed by atoms with Crippen molar-refractivity contribution < 1.29 is 24.2 Å². The molecule has 0 saturated carbocycles. The Labute approximate surface area is 183 Å². The predicted octanol–water partition coefficient (Wildman–Crippen LogP) is 4.29. The molecule has 2 aromatic rings. The Hall–Kier alpha value is -2.65. The van der Waals surface area contributed by atoms with E-state index >= 15 is 0 Å². The number of phenols is 1. The van der Waals surface area contributed by atoms with E-state index in [1.54, 1.807) is 31.2 Å². The Bertz CT molecular complexity index is 1050. The fourth-order valence-corrected chi connectivity index (χ4v) is 3.56. The van der Waals surface area contributed by atoms with Gasteiger partial charge in [-0.15, -0.1) is 0 Å². The maximum atomic E-state index is 13.0. The Morgan fingerprint density at radius 1 is 1.14 bits per heavy atom. The molecule has 0 unspecified atom stereocenters. The van der Waals surface area contributed by atoms with Crippen molar-refractivity contribution in [3.8, 4) is 11.5 Å². The van der Waals surface area contributed by atoms with Gasteiger partial charge in [0.25, 0.3) is 11.8 Å². The molecule has 0 radical (unpaired) electrons. The Morgan fingerprint density at radius 2 is 1.79 bits per heavy atom. The first kappa shape index (κ1) is 21.1. The molecule has 0 aromatic heterocycles. The number of urea groups is 1. The molecule has 0 aliphatic carbocycles. The third-order valence-corrected chi connectivity index (χ3v) is 6.33. The normalized spacial score (nSPS) is 15.7. The van der Waals surface area contributed by atoms with Crippen molar-refractivity contribution >= 4 is 61.5 Å². The van der Waals surface area contributed by atoms with E-state index in [1.807, 2.05) is 6.92 Å². The molecule has 0 bridgehead atoms. The van der Waals surface area contributed by atoms with E-state index in [0.717, 1.165) is 10.5 Å². The lowest BCUT2D eigenvalue weighted by Gasteiger charge is -2.26. The summed E-state index contributed by atoms with van der Waals surface area (Å²) in [6, 6.07) is 7.45. The van der Waals surface area contributed by atoms with Crippen LogP contribution in [-0.2, 0) is 9.59 Å². The molecule has 0 spiro atoms. The summed E-state index contributed by atoms with van der Waals surface area (Å²) < 4.78 is 6.13. The zero-order valence-corrected chi connectivity index (χ0v) is 18.6. The number of hydrogen-bond acceptors (Lipinski definition) is 5. The molecule has 1 fully saturated rings. The predicted molar refractivity (Wildman–Crippen MR) is 115 cm³/mol. The average Bonchev–Trinajstić information content (AvgIpc) is 2.68. The molecule has 1 heterocycles. The van der Waals surface area contributed by atoms with Crippen molar-refractivity contribution in [3.05, 3.63) is 56.0 Å². The summed E-state index contributed by atoms with van der Waals surface area (Å²) in [7, 11) is 0. The van der Waals surface area contributed by atoms with Gasteiger partial charge in [-0.05, 0) is 75.5 Å². The van der Waals surface area contributed by atoms with Crippen molar-refractivity contribution in [3.63, 3.8) is 0 Å². The van der Waals surface area contributed by atoms with Crippen LogP contribution < -0.4 is 15.0 Å². The summed E-state index contributed by atoms with van der Waals surface area (Å²) in [6.45, 7) is 3.95. The molecule has 1 aliphatic heterocycles. The van der Waals surface area contributed by atoms with E-state index in [-0.39, 0.29) is 17.1 Å². The number of hydrogen-bond donors (Lipinski definition) is 2. The number of benzene rings is 2. The minimum atomic E-state index is -0.818. The minimum absolute atomic E-state index is 0.114. The first-order chi connectivity index (χ1) is 13.7. The fourth-order valence-electron chi connectivity index (χ4n) is 2.72. The molecule has 2 aromatic carbocycles. The number of imide groups is 2. The highest BCUT2D eigenvalue weighted by molar-refractivity contribution is 9.13. The molecule has 1 saturated heterocycles. The molecular formula is C20H16Br2N2O5. The van der Waals surface area contributed by atoms with Crippen molar-refractivity contribution in [2.45, 2.75) is 13.8 Å². The topological polar surface area (TPSA) is 95.9 Å². The number of phenolic OH excluding ortho intramolecular Hbond substituents is 1. The summed E-state index contributed by atoms with van der Waals surface area (Å²) >= 11 is 6.59. The van der Waals surface area contributed by atoms with Crippen LogP contribution in [0.5, 0.6) is 11.5 Å². The summed E-state index contributed by atoms with van der Waals surface area (Å²) in [5.41, 5.74) is 1.49. The SMILES string of the molecule is CCOc1cc(/C=C2\C(=O)NC(=O)N(c3ccc(C)cc3)C2=O)c(Br)c(Br)c1O. The number of halogens is 2. The molecular weight excluding hydrogens is 508 g/mol. The fraction of sp³-hybridized carbons (Fsp3) is 0.150. The van der Waals surface area contributed by atoms with Crippen LogP contribution in [0.25, 0.3) is 6.08 Å². The van der Waals surface area contributed by atoms with E-state index in [0.29, 0.717) is 26.8 Å². The number of nitrogens with one attached hydrogen (secondary N) is 1. The number of amides is 4. The molecule has 1 aliphatic rings. The van der Waals surface area contributed by atoms with E-state index in [2.05, 4.69) is 37.2 Å². The molecule has 0 atom stereocenters. The van der Waals surface area contributed by atoms with Gasteiger partial charge in [-0.2, -0.15) is 0 Å². The lowest BCUT2D eigenvalue weighted by Crippen LogP contribution is -2.54. The molecule has 2 N–H and O–H groups in total. The second kappa shape index (κ2) is 8.38. The van der Waals surface area contributed by atoms with Crippen LogP contribution in [0.15, 0.2) is 44.9 Å².